The van der Waals surface area contributed by atoms with Crippen LogP contribution in [0.25, 0.3) is 0 Å². The van der Waals surface area contributed by atoms with Crippen molar-refractivity contribution in [3.8, 4) is 0 Å². The Balaban J connectivity index is 1.49. The average Bonchev–Trinajstić information content (AvgIpc) is 3.00. The van der Waals surface area contributed by atoms with Gasteiger partial charge in [0.05, 0.1) is 12.8 Å². The lowest BCUT2D eigenvalue weighted by molar-refractivity contribution is -0.138. The van der Waals surface area contributed by atoms with Gasteiger partial charge in [-0.2, -0.15) is 0 Å². The zero-order valence-electron chi connectivity index (χ0n) is 14.3. The van der Waals surface area contributed by atoms with Gasteiger partial charge in [-0.25, -0.2) is 0 Å². The fourth-order valence-corrected chi connectivity index (χ4v) is 3.30. The molecule has 132 valence electrons. The van der Waals surface area contributed by atoms with Gasteiger partial charge in [-0.3, -0.25) is 9.59 Å². The predicted molar refractivity (Wildman–Crippen MR) is 97.4 cm³/mol. The molecule has 1 saturated heterocycles. The normalized spacial score (nSPS) is 14.6. The fraction of sp³-hybridized carbons (Fsp3) is 0.368. The molecule has 6 heteroatoms. The van der Waals surface area contributed by atoms with Gasteiger partial charge < -0.3 is 14.4 Å². The summed E-state index contributed by atoms with van der Waals surface area (Å²) in [5, 5.41) is 0.640. The van der Waals surface area contributed by atoms with Crippen LogP contribution in [0.4, 0.5) is 0 Å². The maximum absolute atomic E-state index is 12.4. The summed E-state index contributed by atoms with van der Waals surface area (Å²) in [6.07, 6.45) is 4.66. The summed E-state index contributed by atoms with van der Waals surface area (Å²) >= 11 is 5.97. The van der Waals surface area contributed by atoms with Crippen LogP contribution in [0.2, 0.25) is 5.02 Å². The van der Waals surface area contributed by atoms with Crippen molar-refractivity contribution in [3.05, 3.63) is 58.9 Å². The molecule has 0 radical (unpaired) electrons. The van der Waals surface area contributed by atoms with Gasteiger partial charge in [-0.1, -0.05) is 23.7 Å². The summed E-state index contributed by atoms with van der Waals surface area (Å²) in [5.41, 5.74) is 1.94. The zero-order valence-corrected chi connectivity index (χ0v) is 15.1. The largest absolute Gasteiger partial charge is 0.357 e. The van der Waals surface area contributed by atoms with Crippen molar-refractivity contribution in [2.45, 2.75) is 12.8 Å². The molecule has 1 fully saturated rings. The summed E-state index contributed by atoms with van der Waals surface area (Å²) in [4.78, 5) is 28.5. The molecule has 0 bridgehead atoms. The molecule has 1 aliphatic heterocycles. The number of nitrogens with zero attached hydrogens (tertiary/aromatic N) is 3. The van der Waals surface area contributed by atoms with E-state index in [4.69, 9.17) is 11.6 Å². The van der Waals surface area contributed by atoms with Crippen LogP contribution in [0.3, 0.4) is 0 Å². The molecule has 0 saturated carbocycles. The van der Waals surface area contributed by atoms with Gasteiger partial charge in [0.2, 0.25) is 11.8 Å². The molecule has 2 amide bonds. The van der Waals surface area contributed by atoms with Gasteiger partial charge in [-0.15, -0.1) is 0 Å². The zero-order chi connectivity index (χ0) is 17.8. The quantitative estimate of drug-likeness (QED) is 0.839. The summed E-state index contributed by atoms with van der Waals surface area (Å²) in [5.74, 6) is 0.200. The number of carbonyl (C=O) groups is 2. The number of benzene rings is 1. The molecule has 0 atom stereocenters. The van der Waals surface area contributed by atoms with Crippen LogP contribution in [0.5, 0.6) is 0 Å². The van der Waals surface area contributed by atoms with E-state index in [1.165, 1.54) is 0 Å². The third kappa shape index (κ3) is 4.63. The molecule has 5 nitrogen and oxygen atoms in total. The Labute approximate surface area is 152 Å². The van der Waals surface area contributed by atoms with Crippen molar-refractivity contribution >= 4 is 23.4 Å². The summed E-state index contributed by atoms with van der Waals surface area (Å²) in [7, 11) is 1.94. The minimum Gasteiger partial charge on any atom is -0.357 e. The van der Waals surface area contributed by atoms with Crippen molar-refractivity contribution in [1.29, 1.82) is 0 Å². The van der Waals surface area contributed by atoms with Gasteiger partial charge in [-0.05, 0) is 29.3 Å². The Hall–Kier alpha value is -2.27. The van der Waals surface area contributed by atoms with Crippen LogP contribution < -0.4 is 0 Å². The first-order valence-electron chi connectivity index (χ1n) is 8.42. The summed E-state index contributed by atoms with van der Waals surface area (Å²) in [6.45, 7) is 2.35. The van der Waals surface area contributed by atoms with E-state index in [1.54, 1.807) is 6.07 Å². The Bertz CT molecular complexity index is 764. The van der Waals surface area contributed by atoms with Crippen molar-refractivity contribution in [3.63, 3.8) is 0 Å². The van der Waals surface area contributed by atoms with Crippen molar-refractivity contribution in [1.82, 2.24) is 14.4 Å². The second kappa shape index (κ2) is 7.74. The Morgan fingerprint density at radius 2 is 1.56 bits per heavy atom. The summed E-state index contributed by atoms with van der Waals surface area (Å²) in [6, 6.07) is 9.34. The minimum atomic E-state index is 0.0809. The van der Waals surface area contributed by atoms with Gasteiger partial charge in [0.25, 0.3) is 0 Å². The Morgan fingerprint density at radius 1 is 0.960 bits per heavy atom. The highest BCUT2D eigenvalue weighted by atomic mass is 35.5. The van der Waals surface area contributed by atoms with Crippen LogP contribution in [0, 0.1) is 0 Å². The number of piperazine rings is 1. The third-order valence-electron chi connectivity index (χ3n) is 4.48. The molecule has 1 aliphatic rings. The number of aromatic nitrogens is 1. The molecule has 0 aliphatic carbocycles. The lowest BCUT2D eigenvalue weighted by Crippen LogP contribution is -2.51. The number of hydrogen-bond acceptors (Lipinski definition) is 2. The molecular formula is C19H22ClN3O2. The number of hydrogen-bond donors (Lipinski definition) is 0. The molecule has 2 heterocycles. The first-order valence-corrected chi connectivity index (χ1v) is 8.80. The topological polar surface area (TPSA) is 45.6 Å². The van der Waals surface area contributed by atoms with Crippen LogP contribution in [0.15, 0.2) is 42.7 Å². The third-order valence-corrected chi connectivity index (χ3v) is 4.71. The van der Waals surface area contributed by atoms with Crippen LogP contribution in [0.1, 0.15) is 11.1 Å². The average molecular weight is 360 g/mol. The van der Waals surface area contributed by atoms with E-state index < -0.39 is 0 Å². The number of halogens is 1. The Kier molecular flexibility index (Phi) is 5.43. The SMILES string of the molecule is Cn1ccc(CC(=O)N2CCN(C(=O)Cc3cccc(Cl)c3)CC2)c1. The van der Waals surface area contributed by atoms with E-state index in [0.717, 1.165) is 11.1 Å². The van der Waals surface area contributed by atoms with E-state index >= 15 is 0 Å². The molecule has 0 spiro atoms. The molecule has 3 rings (SSSR count). The number of aryl methyl sites for hydroxylation is 1. The van der Waals surface area contributed by atoms with E-state index in [2.05, 4.69) is 0 Å². The summed E-state index contributed by atoms with van der Waals surface area (Å²) < 4.78 is 1.94. The van der Waals surface area contributed by atoms with Crippen molar-refractivity contribution in [2.75, 3.05) is 26.2 Å². The highest BCUT2D eigenvalue weighted by Crippen LogP contribution is 2.13. The minimum absolute atomic E-state index is 0.0809. The van der Waals surface area contributed by atoms with Crippen molar-refractivity contribution < 1.29 is 9.59 Å². The highest BCUT2D eigenvalue weighted by molar-refractivity contribution is 6.30. The van der Waals surface area contributed by atoms with Crippen molar-refractivity contribution in [2.24, 2.45) is 7.05 Å². The van der Waals surface area contributed by atoms with E-state index in [0.29, 0.717) is 44.0 Å². The smallest absolute Gasteiger partial charge is 0.227 e. The van der Waals surface area contributed by atoms with Crippen LogP contribution in [-0.4, -0.2) is 52.4 Å². The molecule has 1 aromatic heterocycles. The lowest BCUT2D eigenvalue weighted by atomic mass is 10.1. The van der Waals surface area contributed by atoms with Gasteiger partial charge in [0.1, 0.15) is 0 Å². The van der Waals surface area contributed by atoms with Gasteiger partial charge in [0, 0.05) is 50.6 Å². The van der Waals surface area contributed by atoms with Crippen LogP contribution in [-0.2, 0) is 29.5 Å². The Morgan fingerprint density at radius 3 is 2.08 bits per heavy atom. The van der Waals surface area contributed by atoms with Gasteiger partial charge >= 0.3 is 0 Å². The number of carbonyl (C=O) groups excluding carboxylic acids is 2. The van der Waals surface area contributed by atoms with E-state index in [1.807, 2.05) is 58.1 Å². The number of rotatable bonds is 4. The molecule has 2 aromatic rings. The molecule has 0 N–H and O–H groups in total. The first kappa shape index (κ1) is 17.5. The maximum atomic E-state index is 12.4. The molecule has 25 heavy (non-hydrogen) atoms. The van der Waals surface area contributed by atoms with E-state index in [9.17, 15) is 9.59 Å². The first-order chi connectivity index (χ1) is 12.0. The monoisotopic (exact) mass is 359 g/mol. The molecular weight excluding hydrogens is 338 g/mol. The lowest BCUT2D eigenvalue weighted by Gasteiger charge is -2.35. The highest BCUT2D eigenvalue weighted by Gasteiger charge is 2.24. The maximum Gasteiger partial charge on any atom is 0.227 e. The molecule has 1 aromatic carbocycles. The predicted octanol–water partition coefficient (Wildman–Crippen LogP) is 2.13. The standard InChI is InChI=1S/C19H22ClN3O2/c1-21-6-5-16(14-21)13-19(25)23-9-7-22(8-10-23)18(24)12-15-3-2-4-17(20)11-15/h2-6,11,14H,7-10,12-13H2,1H3. The number of amides is 2. The fourth-order valence-electron chi connectivity index (χ4n) is 3.09. The van der Waals surface area contributed by atoms with Crippen LogP contribution >= 0.6 is 11.6 Å². The second-order valence-corrected chi connectivity index (χ2v) is 6.87. The second-order valence-electron chi connectivity index (χ2n) is 6.43. The molecule has 0 unspecified atom stereocenters. The van der Waals surface area contributed by atoms with Gasteiger partial charge in [0.15, 0.2) is 0 Å². The van der Waals surface area contributed by atoms with E-state index in [-0.39, 0.29) is 11.8 Å².